The first-order valence-electron chi connectivity index (χ1n) is 6.42. The van der Waals surface area contributed by atoms with Crippen molar-refractivity contribution in [3.63, 3.8) is 0 Å². The lowest BCUT2D eigenvalue weighted by Gasteiger charge is -2.06. The van der Waals surface area contributed by atoms with Gasteiger partial charge < -0.3 is 10.6 Å². The Morgan fingerprint density at radius 3 is 2.55 bits per heavy atom. The smallest absolute Gasteiger partial charge is 0.266 e. The van der Waals surface area contributed by atoms with E-state index in [1.54, 1.807) is 30.3 Å². The minimum atomic E-state index is -0.195. The van der Waals surface area contributed by atoms with E-state index in [-0.39, 0.29) is 5.91 Å². The van der Waals surface area contributed by atoms with E-state index in [0.29, 0.717) is 21.5 Å². The van der Waals surface area contributed by atoms with Gasteiger partial charge >= 0.3 is 0 Å². The van der Waals surface area contributed by atoms with Crippen LogP contribution in [0.4, 0.5) is 17.3 Å². The molecule has 0 spiro atoms. The molecular weight excluding hydrogens is 320 g/mol. The highest BCUT2D eigenvalue weighted by Gasteiger charge is 2.08. The van der Waals surface area contributed by atoms with Gasteiger partial charge in [-0.3, -0.25) is 4.79 Å². The van der Waals surface area contributed by atoms with Crippen LogP contribution in [-0.2, 0) is 0 Å². The molecule has 0 saturated heterocycles. The number of anilines is 3. The van der Waals surface area contributed by atoms with E-state index in [2.05, 4.69) is 20.8 Å². The van der Waals surface area contributed by atoms with Crippen LogP contribution in [0.15, 0.2) is 53.9 Å². The molecule has 5 nitrogen and oxygen atoms in total. The fourth-order valence-electron chi connectivity index (χ4n) is 1.77. The normalized spacial score (nSPS) is 10.2. The predicted molar refractivity (Wildman–Crippen MR) is 89.0 cm³/mol. The second kappa shape index (κ2) is 6.55. The Morgan fingerprint density at radius 2 is 1.86 bits per heavy atom. The Kier molecular flexibility index (Phi) is 4.32. The van der Waals surface area contributed by atoms with E-state index >= 15 is 0 Å². The number of nitrogens with one attached hydrogen (secondary N) is 2. The van der Waals surface area contributed by atoms with Crippen LogP contribution < -0.4 is 10.6 Å². The van der Waals surface area contributed by atoms with Gasteiger partial charge in [0, 0.05) is 10.7 Å². The molecule has 0 aliphatic rings. The van der Waals surface area contributed by atoms with Gasteiger partial charge in [0.15, 0.2) is 11.6 Å². The third kappa shape index (κ3) is 3.60. The third-order valence-corrected chi connectivity index (χ3v) is 3.85. The number of benzene rings is 1. The maximum atomic E-state index is 11.9. The average molecular weight is 331 g/mol. The molecule has 0 aliphatic heterocycles. The van der Waals surface area contributed by atoms with E-state index in [1.165, 1.54) is 11.3 Å². The van der Waals surface area contributed by atoms with Crippen molar-refractivity contribution in [1.29, 1.82) is 0 Å². The zero-order chi connectivity index (χ0) is 15.4. The number of thiophene rings is 1. The van der Waals surface area contributed by atoms with Gasteiger partial charge in [-0.25, -0.2) is 0 Å². The SMILES string of the molecule is O=C(Nc1ccc(Nc2cccc(Cl)c2)nn1)c1cccs1. The second-order valence-corrected chi connectivity index (χ2v) is 5.75. The Labute approximate surface area is 136 Å². The van der Waals surface area contributed by atoms with Crippen LogP contribution in [-0.4, -0.2) is 16.1 Å². The quantitative estimate of drug-likeness (QED) is 0.752. The number of carbonyl (C=O) groups is 1. The number of aromatic nitrogens is 2. The molecule has 0 atom stereocenters. The molecule has 0 aliphatic carbocycles. The molecule has 110 valence electrons. The zero-order valence-corrected chi connectivity index (χ0v) is 12.9. The number of hydrogen-bond acceptors (Lipinski definition) is 5. The highest BCUT2D eigenvalue weighted by Crippen LogP contribution is 2.19. The van der Waals surface area contributed by atoms with Gasteiger partial charge in [-0.15, -0.1) is 21.5 Å². The summed E-state index contributed by atoms with van der Waals surface area (Å²) in [6.45, 7) is 0. The molecule has 1 amide bonds. The van der Waals surface area contributed by atoms with Gasteiger partial charge in [0.25, 0.3) is 5.91 Å². The summed E-state index contributed by atoms with van der Waals surface area (Å²) < 4.78 is 0. The molecule has 0 fully saturated rings. The van der Waals surface area contributed by atoms with Crippen molar-refractivity contribution in [2.24, 2.45) is 0 Å². The monoisotopic (exact) mass is 330 g/mol. The Balaban J connectivity index is 1.66. The predicted octanol–water partition coefficient (Wildman–Crippen LogP) is 4.19. The Hall–Kier alpha value is -2.44. The third-order valence-electron chi connectivity index (χ3n) is 2.75. The molecule has 2 N–H and O–H groups in total. The molecule has 0 unspecified atom stereocenters. The zero-order valence-electron chi connectivity index (χ0n) is 11.3. The Bertz CT molecular complexity index is 775. The largest absolute Gasteiger partial charge is 0.339 e. The van der Waals surface area contributed by atoms with Crippen molar-refractivity contribution in [2.45, 2.75) is 0 Å². The van der Waals surface area contributed by atoms with Gasteiger partial charge in [0.05, 0.1) is 4.88 Å². The van der Waals surface area contributed by atoms with Gasteiger partial charge in [0.2, 0.25) is 0 Å². The van der Waals surface area contributed by atoms with Gasteiger partial charge in [0.1, 0.15) is 0 Å². The number of halogens is 1. The van der Waals surface area contributed by atoms with Gasteiger partial charge in [-0.2, -0.15) is 0 Å². The number of amides is 1. The minimum absolute atomic E-state index is 0.195. The lowest BCUT2D eigenvalue weighted by molar-refractivity contribution is 0.103. The maximum absolute atomic E-state index is 11.9. The van der Waals surface area contributed by atoms with Gasteiger partial charge in [-0.05, 0) is 41.8 Å². The van der Waals surface area contributed by atoms with Crippen molar-refractivity contribution < 1.29 is 4.79 Å². The van der Waals surface area contributed by atoms with Crippen molar-refractivity contribution in [3.8, 4) is 0 Å². The standard InChI is InChI=1S/C15H11ClN4OS/c16-10-3-1-4-11(9-10)17-13-6-7-14(20-19-13)18-15(21)12-5-2-8-22-12/h1-9H,(H,17,19)(H,18,20,21). The van der Waals surface area contributed by atoms with E-state index in [1.807, 2.05) is 23.6 Å². The van der Waals surface area contributed by atoms with Gasteiger partial charge in [-0.1, -0.05) is 23.7 Å². The van der Waals surface area contributed by atoms with E-state index in [0.717, 1.165) is 5.69 Å². The minimum Gasteiger partial charge on any atom is -0.339 e. The number of carbonyl (C=O) groups excluding carboxylic acids is 1. The number of nitrogens with zero attached hydrogens (tertiary/aromatic N) is 2. The first-order valence-corrected chi connectivity index (χ1v) is 7.68. The van der Waals surface area contributed by atoms with Crippen LogP contribution in [0.3, 0.4) is 0 Å². The first-order chi connectivity index (χ1) is 10.7. The summed E-state index contributed by atoms with van der Waals surface area (Å²) in [6, 6.07) is 14.3. The first kappa shape index (κ1) is 14.5. The van der Waals surface area contributed by atoms with Crippen LogP contribution in [0, 0.1) is 0 Å². The summed E-state index contributed by atoms with van der Waals surface area (Å²) in [5.74, 6) is 0.770. The summed E-state index contributed by atoms with van der Waals surface area (Å²) in [6.07, 6.45) is 0. The second-order valence-electron chi connectivity index (χ2n) is 4.37. The topological polar surface area (TPSA) is 66.9 Å². The van der Waals surface area contributed by atoms with Crippen LogP contribution in [0.5, 0.6) is 0 Å². The molecule has 0 bridgehead atoms. The summed E-state index contributed by atoms with van der Waals surface area (Å²) in [7, 11) is 0. The van der Waals surface area contributed by atoms with E-state index < -0.39 is 0 Å². The fraction of sp³-hybridized carbons (Fsp3) is 0. The maximum Gasteiger partial charge on any atom is 0.266 e. The van der Waals surface area contributed by atoms with Crippen molar-refractivity contribution >= 4 is 46.2 Å². The molecule has 22 heavy (non-hydrogen) atoms. The van der Waals surface area contributed by atoms with Crippen LogP contribution in [0.2, 0.25) is 5.02 Å². The van der Waals surface area contributed by atoms with Crippen LogP contribution >= 0.6 is 22.9 Å². The van der Waals surface area contributed by atoms with Crippen LogP contribution in [0.1, 0.15) is 9.67 Å². The van der Waals surface area contributed by atoms with Crippen LogP contribution in [0.25, 0.3) is 0 Å². The molecule has 0 radical (unpaired) electrons. The molecule has 3 rings (SSSR count). The van der Waals surface area contributed by atoms with Crippen molar-refractivity contribution in [3.05, 3.63) is 63.8 Å². The number of hydrogen-bond donors (Lipinski definition) is 2. The summed E-state index contributed by atoms with van der Waals surface area (Å²) in [4.78, 5) is 12.5. The van der Waals surface area contributed by atoms with E-state index in [4.69, 9.17) is 11.6 Å². The average Bonchev–Trinajstić information content (AvgIpc) is 3.04. The molecule has 0 saturated carbocycles. The molecule has 3 aromatic rings. The van der Waals surface area contributed by atoms with E-state index in [9.17, 15) is 4.79 Å². The molecular formula is C15H11ClN4OS. The lowest BCUT2D eigenvalue weighted by atomic mass is 10.3. The molecule has 1 aromatic carbocycles. The highest BCUT2D eigenvalue weighted by molar-refractivity contribution is 7.12. The number of rotatable bonds is 4. The summed E-state index contributed by atoms with van der Waals surface area (Å²) in [5, 5.41) is 16.3. The molecule has 7 heteroatoms. The fourth-order valence-corrected chi connectivity index (χ4v) is 2.57. The van der Waals surface area contributed by atoms with Crippen molar-refractivity contribution in [1.82, 2.24) is 10.2 Å². The molecule has 2 heterocycles. The Morgan fingerprint density at radius 1 is 1.05 bits per heavy atom. The summed E-state index contributed by atoms with van der Waals surface area (Å²) >= 11 is 7.29. The van der Waals surface area contributed by atoms with Crippen molar-refractivity contribution in [2.75, 3.05) is 10.6 Å². The lowest BCUT2D eigenvalue weighted by Crippen LogP contribution is -2.12. The highest BCUT2D eigenvalue weighted by atomic mass is 35.5. The molecule has 2 aromatic heterocycles. The summed E-state index contributed by atoms with van der Waals surface area (Å²) in [5.41, 5.74) is 0.817.